The summed E-state index contributed by atoms with van der Waals surface area (Å²) in [6, 6.07) is 1.50. The molecule has 1 aromatic heterocycles. The van der Waals surface area contributed by atoms with Crippen molar-refractivity contribution in [1.29, 1.82) is 0 Å². The van der Waals surface area contributed by atoms with Crippen molar-refractivity contribution >= 4 is 12.1 Å². The first-order valence-corrected chi connectivity index (χ1v) is 4.76. The summed E-state index contributed by atoms with van der Waals surface area (Å²) >= 11 is 0. The minimum atomic E-state index is -1.03. The third-order valence-electron chi connectivity index (χ3n) is 2.26. The Morgan fingerprint density at radius 1 is 1.56 bits per heavy atom. The number of ether oxygens (including phenoxy) is 1. The van der Waals surface area contributed by atoms with E-state index >= 15 is 0 Å². The van der Waals surface area contributed by atoms with Crippen LogP contribution in [0.1, 0.15) is 15.9 Å². The highest BCUT2D eigenvalue weighted by Gasteiger charge is 2.22. The van der Waals surface area contributed by atoms with Crippen molar-refractivity contribution in [3.63, 3.8) is 0 Å². The number of pyridine rings is 1. The third kappa shape index (κ3) is 2.10. The number of amides is 1. The fourth-order valence-electron chi connectivity index (χ4n) is 1.48. The molecule has 1 N–H and O–H groups in total. The second-order valence-corrected chi connectivity index (χ2v) is 3.42. The number of hydrogen-bond acceptors (Lipinski definition) is 4. The summed E-state index contributed by atoms with van der Waals surface area (Å²) in [4.78, 5) is 27.2. The molecule has 0 bridgehead atoms. The Kier molecular flexibility index (Phi) is 2.72. The molecular weight excluding hydrogens is 212 g/mol. The van der Waals surface area contributed by atoms with Gasteiger partial charge in [-0.15, -0.1) is 0 Å². The lowest BCUT2D eigenvalue weighted by molar-refractivity contribution is 0.0696. The minimum Gasteiger partial charge on any atom is -0.478 e. The highest BCUT2D eigenvalue weighted by atomic mass is 16.6. The summed E-state index contributed by atoms with van der Waals surface area (Å²) in [6.45, 7) is 1.23. The molecule has 1 fully saturated rings. The van der Waals surface area contributed by atoms with E-state index in [4.69, 9.17) is 9.84 Å². The highest BCUT2D eigenvalue weighted by molar-refractivity contribution is 5.87. The molecule has 6 heteroatoms. The molecule has 1 aliphatic heterocycles. The number of cyclic esters (lactones) is 1. The zero-order chi connectivity index (χ0) is 11.5. The van der Waals surface area contributed by atoms with Gasteiger partial charge in [-0.2, -0.15) is 0 Å². The Labute approximate surface area is 91.5 Å². The van der Waals surface area contributed by atoms with Gasteiger partial charge in [0.1, 0.15) is 6.61 Å². The van der Waals surface area contributed by atoms with Gasteiger partial charge >= 0.3 is 12.1 Å². The van der Waals surface area contributed by atoms with E-state index in [-0.39, 0.29) is 11.7 Å². The molecule has 1 amide bonds. The molecule has 2 heterocycles. The van der Waals surface area contributed by atoms with Crippen molar-refractivity contribution in [3.8, 4) is 0 Å². The largest absolute Gasteiger partial charge is 0.478 e. The molecule has 1 saturated heterocycles. The predicted octanol–water partition coefficient (Wildman–Crippen LogP) is 0.732. The van der Waals surface area contributed by atoms with Crippen molar-refractivity contribution in [1.82, 2.24) is 9.88 Å². The molecule has 0 saturated carbocycles. The first-order chi connectivity index (χ1) is 7.66. The molecule has 1 aliphatic rings. The number of hydrogen-bond donors (Lipinski definition) is 1. The Hall–Kier alpha value is -2.11. The maximum atomic E-state index is 11.2. The van der Waals surface area contributed by atoms with Gasteiger partial charge in [0.15, 0.2) is 0 Å². The van der Waals surface area contributed by atoms with E-state index in [0.29, 0.717) is 25.3 Å². The minimum absolute atomic E-state index is 0.116. The normalized spacial score (nSPS) is 15.0. The zero-order valence-corrected chi connectivity index (χ0v) is 8.42. The summed E-state index contributed by atoms with van der Waals surface area (Å²) in [5.41, 5.74) is 0.795. The summed E-state index contributed by atoms with van der Waals surface area (Å²) in [7, 11) is 0. The number of aromatic nitrogens is 1. The number of aromatic carboxylic acids is 1. The van der Waals surface area contributed by atoms with Gasteiger partial charge < -0.3 is 14.7 Å². The van der Waals surface area contributed by atoms with Crippen molar-refractivity contribution in [2.45, 2.75) is 6.54 Å². The number of nitrogens with zero attached hydrogens (tertiary/aromatic N) is 2. The molecule has 0 aromatic carbocycles. The predicted molar refractivity (Wildman–Crippen MR) is 53.0 cm³/mol. The van der Waals surface area contributed by atoms with Gasteiger partial charge in [-0.25, -0.2) is 9.59 Å². The van der Waals surface area contributed by atoms with Gasteiger partial charge in [-0.05, 0) is 11.6 Å². The summed E-state index contributed by atoms with van der Waals surface area (Å²) in [5.74, 6) is -1.03. The van der Waals surface area contributed by atoms with Crippen LogP contribution in [0, 0.1) is 0 Å². The quantitative estimate of drug-likeness (QED) is 0.815. The zero-order valence-electron chi connectivity index (χ0n) is 8.42. The van der Waals surface area contributed by atoms with Crippen LogP contribution in [0.25, 0.3) is 0 Å². The molecule has 6 nitrogen and oxygen atoms in total. The summed E-state index contributed by atoms with van der Waals surface area (Å²) in [6.07, 6.45) is 2.44. The van der Waals surface area contributed by atoms with Crippen molar-refractivity contribution in [2.75, 3.05) is 13.2 Å². The van der Waals surface area contributed by atoms with E-state index in [9.17, 15) is 9.59 Å². The van der Waals surface area contributed by atoms with Crippen molar-refractivity contribution < 1.29 is 19.4 Å². The van der Waals surface area contributed by atoms with E-state index in [1.54, 1.807) is 0 Å². The van der Waals surface area contributed by atoms with E-state index in [0.717, 1.165) is 0 Å². The highest BCUT2D eigenvalue weighted by Crippen LogP contribution is 2.10. The second kappa shape index (κ2) is 4.18. The van der Waals surface area contributed by atoms with Gasteiger partial charge in [0, 0.05) is 12.4 Å². The Morgan fingerprint density at radius 2 is 2.38 bits per heavy atom. The molecular formula is C10H10N2O4. The molecule has 84 valence electrons. The van der Waals surface area contributed by atoms with Crippen LogP contribution in [0.2, 0.25) is 0 Å². The number of carboxylic acid groups (broad SMARTS) is 1. The van der Waals surface area contributed by atoms with Crippen LogP contribution < -0.4 is 0 Å². The number of carboxylic acids is 1. The Balaban J connectivity index is 2.12. The molecule has 1 aromatic rings. The second-order valence-electron chi connectivity index (χ2n) is 3.42. The summed E-state index contributed by atoms with van der Waals surface area (Å²) < 4.78 is 4.77. The molecule has 16 heavy (non-hydrogen) atoms. The standard InChI is InChI=1S/C10H10N2O4/c13-9(14)8-3-7(4-11-5-8)6-12-1-2-16-10(12)15/h3-5H,1-2,6H2,(H,13,14). The molecule has 0 aliphatic carbocycles. The third-order valence-corrected chi connectivity index (χ3v) is 2.26. The fourth-order valence-corrected chi connectivity index (χ4v) is 1.48. The smallest absolute Gasteiger partial charge is 0.410 e. The SMILES string of the molecule is O=C(O)c1cncc(CN2CCOC2=O)c1. The van der Waals surface area contributed by atoms with Crippen molar-refractivity contribution in [3.05, 3.63) is 29.6 Å². The molecule has 0 unspecified atom stereocenters. The van der Waals surface area contributed by atoms with Crippen LogP contribution >= 0.6 is 0 Å². The van der Waals surface area contributed by atoms with E-state index in [1.807, 2.05) is 0 Å². The maximum absolute atomic E-state index is 11.2. The van der Waals surface area contributed by atoms with Crippen LogP contribution in [-0.4, -0.2) is 40.2 Å². The molecule has 0 spiro atoms. The van der Waals surface area contributed by atoms with Gasteiger partial charge in [0.05, 0.1) is 18.7 Å². The van der Waals surface area contributed by atoms with Crippen molar-refractivity contribution in [2.24, 2.45) is 0 Å². The lowest BCUT2D eigenvalue weighted by Gasteiger charge is -2.12. The number of rotatable bonds is 3. The first kappa shape index (κ1) is 10.4. The van der Waals surface area contributed by atoms with Gasteiger partial charge in [-0.3, -0.25) is 4.98 Å². The lowest BCUT2D eigenvalue weighted by Crippen LogP contribution is -2.23. The average Bonchev–Trinajstić information content (AvgIpc) is 2.65. The molecule has 0 radical (unpaired) electrons. The molecule has 2 rings (SSSR count). The van der Waals surface area contributed by atoms with Crippen LogP contribution in [0.5, 0.6) is 0 Å². The number of carbonyl (C=O) groups excluding carboxylic acids is 1. The van der Waals surface area contributed by atoms with E-state index < -0.39 is 5.97 Å². The average molecular weight is 222 g/mol. The van der Waals surface area contributed by atoms with E-state index in [2.05, 4.69) is 4.98 Å². The van der Waals surface area contributed by atoms with E-state index in [1.165, 1.54) is 23.4 Å². The Morgan fingerprint density at radius 3 is 3.00 bits per heavy atom. The van der Waals surface area contributed by atoms with Crippen LogP contribution in [0.15, 0.2) is 18.5 Å². The lowest BCUT2D eigenvalue weighted by atomic mass is 10.2. The first-order valence-electron chi connectivity index (χ1n) is 4.76. The van der Waals surface area contributed by atoms with Gasteiger partial charge in [-0.1, -0.05) is 0 Å². The monoisotopic (exact) mass is 222 g/mol. The van der Waals surface area contributed by atoms with Crippen LogP contribution in [0.3, 0.4) is 0 Å². The Bertz CT molecular complexity index is 433. The van der Waals surface area contributed by atoms with Gasteiger partial charge in [0.2, 0.25) is 0 Å². The van der Waals surface area contributed by atoms with Crippen LogP contribution in [-0.2, 0) is 11.3 Å². The van der Waals surface area contributed by atoms with Gasteiger partial charge in [0.25, 0.3) is 0 Å². The molecule has 0 atom stereocenters. The fraction of sp³-hybridized carbons (Fsp3) is 0.300. The summed E-state index contributed by atoms with van der Waals surface area (Å²) in [5, 5.41) is 8.78. The number of carbonyl (C=O) groups is 2. The van der Waals surface area contributed by atoms with Crippen LogP contribution in [0.4, 0.5) is 4.79 Å². The maximum Gasteiger partial charge on any atom is 0.410 e. The topological polar surface area (TPSA) is 79.7 Å².